The van der Waals surface area contributed by atoms with Gasteiger partial charge in [0.05, 0.1) is 15.8 Å². The molecule has 2 aromatic carbocycles. The Bertz CT molecular complexity index is 1090. The van der Waals surface area contributed by atoms with Crippen LogP contribution in [0.2, 0.25) is 5.02 Å². The highest BCUT2D eigenvalue weighted by Gasteiger charge is 2.19. The lowest BCUT2D eigenvalue weighted by atomic mass is 10.2. The van der Waals surface area contributed by atoms with E-state index in [9.17, 15) is 4.79 Å². The maximum Gasteiger partial charge on any atom is 0.277 e. The first-order valence-electron chi connectivity index (χ1n) is 9.81. The summed E-state index contributed by atoms with van der Waals surface area (Å²) >= 11 is 7.18. The maximum atomic E-state index is 12.5. The van der Waals surface area contributed by atoms with Crippen molar-refractivity contribution in [3.05, 3.63) is 53.1 Å². The number of amides is 1. The smallest absolute Gasteiger partial charge is 0.277 e. The Morgan fingerprint density at radius 2 is 1.94 bits per heavy atom. The number of carbonyl (C=O) groups excluding carboxylic acids is 1. The molecule has 1 amide bonds. The molecule has 1 atom stereocenters. The summed E-state index contributed by atoms with van der Waals surface area (Å²) in [7, 11) is 0. The molecule has 1 unspecified atom stereocenters. The van der Waals surface area contributed by atoms with Gasteiger partial charge in [0.1, 0.15) is 6.07 Å². The summed E-state index contributed by atoms with van der Waals surface area (Å²) < 4.78 is 5.73. The van der Waals surface area contributed by atoms with Gasteiger partial charge < -0.3 is 14.6 Å². The normalized spacial score (nSPS) is 11.6. The van der Waals surface area contributed by atoms with Crippen LogP contribution >= 0.6 is 23.4 Å². The number of halogens is 1. The van der Waals surface area contributed by atoms with Crippen LogP contribution in [-0.2, 0) is 4.79 Å². The van der Waals surface area contributed by atoms with Gasteiger partial charge in [-0.15, -0.1) is 10.2 Å². The zero-order valence-corrected chi connectivity index (χ0v) is 19.0. The van der Waals surface area contributed by atoms with Gasteiger partial charge in [0.15, 0.2) is 0 Å². The van der Waals surface area contributed by atoms with E-state index in [1.165, 1.54) is 11.8 Å². The Labute approximate surface area is 190 Å². The number of carbonyl (C=O) groups is 1. The van der Waals surface area contributed by atoms with Crippen molar-refractivity contribution in [3.8, 4) is 17.5 Å². The third-order valence-electron chi connectivity index (χ3n) is 4.65. The first kappa shape index (κ1) is 22.7. The zero-order chi connectivity index (χ0) is 22.4. The number of hydrogen-bond acceptors (Lipinski definition) is 7. The van der Waals surface area contributed by atoms with E-state index in [1.54, 1.807) is 25.1 Å². The molecule has 3 aromatic rings. The van der Waals surface area contributed by atoms with E-state index < -0.39 is 5.25 Å². The van der Waals surface area contributed by atoms with Crippen LogP contribution in [-0.4, -0.2) is 34.4 Å². The van der Waals surface area contributed by atoms with Crippen LogP contribution in [0.4, 0.5) is 11.4 Å². The Balaban J connectivity index is 1.63. The summed E-state index contributed by atoms with van der Waals surface area (Å²) in [6.07, 6.45) is 0. The van der Waals surface area contributed by atoms with E-state index in [4.69, 9.17) is 21.3 Å². The second-order valence-corrected chi connectivity index (χ2v) is 8.35. The maximum absolute atomic E-state index is 12.5. The average molecular weight is 456 g/mol. The van der Waals surface area contributed by atoms with Crippen molar-refractivity contribution in [2.45, 2.75) is 31.2 Å². The van der Waals surface area contributed by atoms with Gasteiger partial charge in [-0.3, -0.25) is 4.79 Å². The molecule has 0 aliphatic heterocycles. The van der Waals surface area contributed by atoms with Gasteiger partial charge in [0.25, 0.3) is 5.22 Å². The highest BCUT2D eigenvalue weighted by atomic mass is 35.5. The third kappa shape index (κ3) is 5.57. The molecule has 0 radical (unpaired) electrons. The molecule has 160 valence electrons. The van der Waals surface area contributed by atoms with Crippen molar-refractivity contribution in [2.75, 3.05) is 23.3 Å². The van der Waals surface area contributed by atoms with Gasteiger partial charge in [-0.2, -0.15) is 5.26 Å². The quantitative estimate of drug-likeness (QED) is 0.464. The number of aromatic nitrogens is 2. The minimum atomic E-state index is -0.479. The molecule has 1 N–H and O–H groups in total. The Morgan fingerprint density at radius 1 is 1.23 bits per heavy atom. The molecule has 31 heavy (non-hydrogen) atoms. The summed E-state index contributed by atoms with van der Waals surface area (Å²) in [4.78, 5) is 14.7. The molecule has 0 aliphatic carbocycles. The fraction of sp³-hybridized carbons (Fsp3) is 0.273. The standard InChI is InChI=1S/C22H22ClN5O2S/c1-4-28(5-2)18-10-7-15(8-11-18)21-26-27-22(30-21)31-14(3)20(29)25-17-9-6-16(13-24)19(23)12-17/h6-12,14H,4-5H2,1-3H3,(H,25,29). The molecule has 0 bridgehead atoms. The Morgan fingerprint density at radius 3 is 2.55 bits per heavy atom. The third-order valence-corrected chi connectivity index (χ3v) is 5.90. The van der Waals surface area contributed by atoms with E-state index in [2.05, 4.69) is 34.3 Å². The fourth-order valence-electron chi connectivity index (χ4n) is 2.91. The molecule has 0 spiro atoms. The predicted molar refractivity (Wildman–Crippen MR) is 123 cm³/mol. The Kier molecular flexibility index (Phi) is 7.55. The zero-order valence-electron chi connectivity index (χ0n) is 17.4. The summed E-state index contributed by atoms with van der Waals surface area (Å²) in [5, 5.41) is 20.0. The van der Waals surface area contributed by atoms with E-state index in [0.29, 0.717) is 22.4 Å². The molecule has 1 aromatic heterocycles. The number of anilines is 2. The molecule has 0 fully saturated rings. The first-order chi connectivity index (χ1) is 14.9. The minimum Gasteiger partial charge on any atom is -0.411 e. The Hall–Kier alpha value is -3.02. The summed E-state index contributed by atoms with van der Waals surface area (Å²) in [6, 6.07) is 14.7. The van der Waals surface area contributed by atoms with Crippen LogP contribution in [0.3, 0.4) is 0 Å². The van der Waals surface area contributed by atoms with Crippen molar-refractivity contribution < 1.29 is 9.21 Å². The van der Waals surface area contributed by atoms with Crippen LogP contribution in [0, 0.1) is 11.3 Å². The van der Waals surface area contributed by atoms with Gasteiger partial charge in [0, 0.05) is 30.0 Å². The van der Waals surface area contributed by atoms with Gasteiger partial charge in [-0.05, 0) is 63.2 Å². The molecule has 3 rings (SSSR count). The van der Waals surface area contributed by atoms with E-state index >= 15 is 0 Å². The van der Waals surface area contributed by atoms with E-state index in [0.717, 1.165) is 24.3 Å². The number of nitrogens with zero attached hydrogens (tertiary/aromatic N) is 4. The number of rotatable bonds is 8. The average Bonchev–Trinajstić information content (AvgIpc) is 3.23. The topological polar surface area (TPSA) is 95.0 Å². The first-order valence-corrected chi connectivity index (χ1v) is 11.1. The lowest BCUT2D eigenvalue weighted by Gasteiger charge is -2.20. The molecule has 7 nitrogen and oxygen atoms in total. The molecule has 9 heteroatoms. The minimum absolute atomic E-state index is 0.242. The molecule has 0 saturated carbocycles. The van der Waals surface area contributed by atoms with Crippen LogP contribution in [0.1, 0.15) is 26.3 Å². The van der Waals surface area contributed by atoms with E-state index in [1.807, 2.05) is 30.3 Å². The van der Waals surface area contributed by atoms with Crippen LogP contribution in [0.5, 0.6) is 0 Å². The van der Waals surface area contributed by atoms with Crippen LogP contribution < -0.4 is 10.2 Å². The van der Waals surface area contributed by atoms with Crippen molar-refractivity contribution in [3.63, 3.8) is 0 Å². The van der Waals surface area contributed by atoms with Gasteiger partial charge >= 0.3 is 0 Å². The van der Waals surface area contributed by atoms with Crippen LogP contribution in [0.25, 0.3) is 11.5 Å². The summed E-state index contributed by atoms with van der Waals surface area (Å²) in [5.74, 6) is 0.161. The van der Waals surface area contributed by atoms with Gasteiger partial charge in [0.2, 0.25) is 11.8 Å². The van der Waals surface area contributed by atoms with Crippen LogP contribution in [0.15, 0.2) is 52.1 Å². The molecule has 0 saturated heterocycles. The van der Waals surface area contributed by atoms with Gasteiger partial charge in [-0.1, -0.05) is 23.4 Å². The van der Waals surface area contributed by atoms with Crippen molar-refractivity contribution in [1.29, 1.82) is 5.26 Å². The number of nitriles is 1. The summed E-state index contributed by atoms with van der Waals surface area (Å²) in [5.41, 5.74) is 2.82. The lowest BCUT2D eigenvalue weighted by molar-refractivity contribution is -0.115. The molecular formula is C22H22ClN5O2S. The monoisotopic (exact) mass is 455 g/mol. The highest BCUT2D eigenvalue weighted by molar-refractivity contribution is 8.00. The number of thioether (sulfide) groups is 1. The lowest BCUT2D eigenvalue weighted by Crippen LogP contribution is -2.22. The summed E-state index contributed by atoms with van der Waals surface area (Å²) in [6.45, 7) is 7.85. The number of benzene rings is 2. The second-order valence-electron chi connectivity index (χ2n) is 6.65. The molecule has 1 heterocycles. The second kappa shape index (κ2) is 10.3. The molecule has 0 aliphatic rings. The van der Waals surface area contributed by atoms with Crippen molar-refractivity contribution in [2.24, 2.45) is 0 Å². The van der Waals surface area contributed by atoms with Crippen molar-refractivity contribution in [1.82, 2.24) is 10.2 Å². The largest absolute Gasteiger partial charge is 0.411 e. The molecular weight excluding hydrogens is 434 g/mol. The van der Waals surface area contributed by atoms with Gasteiger partial charge in [-0.25, -0.2) is 0 Å². The number of hydrogen-bond donors (Lipinski definition) is 1. The predicted octanol–water partition coefficient (Wildman–Crippen LogP) is 5.23. The fourth-order valence-corrected chi connectivity index (χ4v) is 3.82. The van der Waals surface area contributed by atoms with E-state index in [-0.39, 0.29) is 10.9 Å². The SMILES string of the molecule is CCN(CC)c1ccc(-c2nnc(SC(C)C(=O)Nc3ccc(C#N)c(Cl)c3)o2)cc1. The number of nitrogens with one attached hydrogen (secondary N) is 1. The van der Waals surface area contributed by atoms with Crippen molar-refractivity contribution >= 4 is 40.6 Å². The highest BCUT2D eigenvalue weighted by Crippen LogP contribution is 2.28.